The van der Waals surface area contributed by atoms with Crippen LogP contribution in [0.1, 0.15) is 13.3 Å². The van der Waals surface area contributed by atoms with Gasteiger partial charge in [0.25, 0.3) is 0 Å². The first-order valence-corrected chi connectivity index (χ1v) is 5.59. The summed E-state index contributed by atoms with van der Waals surface area (Å²) in [6, 6.07) is 0. The number of hydrogen-bond acceptors (Lipinski definition) is 5. The van der Waals surface area contributed by atoms with Gasteiger partial charge in [0.15, 0.2) is 0 Å². The zero-order chi connectivity index (χ0) is 12.0. The van der Waals surface area contributed by atoms with Crippen molar-refractivity contribution in [2.24, 2.45) is 5.92 Å². The van der Waals surface area contributed by atoms with Gasteiger partial charge >= 0.3 is 5.97 Å². The van der Waals surface area contributed by atoms with Crippen molar-refractivity contribution in [3.05, 3.63) is 0 Å². The van der Waals surface area contributed by atoms with E-state index in [9.17, 15) is 9.59 Å². The minimum atomic E-state index is -0.611. The smallest absolute Gasteiger partial charge is 0.317 e. The van der Waals surface area contributed by atoms with Crippen molar-refractivity contribution in [2.45, 2.75) is 13.3 Å². The van der Waals surface area contributed by atoms with Crippen LogP contribution in [0.2, 0.25) is 0 Å². The van der Waals surface area contributed by atoms with Crippen LogP contribution in [-0.2, 0) is 19.1 Å². The van der Waals surface area contributed by atoms with Crippen LogP contribution in [0.25, 0.3) is 0 Å². The number of carbonyl (C=O) groups excluding carboxylic acids is 2. The molecule has 1 aliphatic rings. The molecule has 0 aliphatic carbocycles. The molecule has 1 saturated heterocycles. The van der Waals surface area contributed by atoms with Crippen molar-refractivity contribution in [2.75, 3.05) is 40.0 Å². The van der Waals surface area contributed by atoms with Gasteiger partial charge in [0.1, 0.15) is 11.7 Å². The molecule has 5 nitrogen and oxygen atoms in total. The number of ether oxygens (including phenoxy) is 2. The lowest BCUT2D eigenvalue weighted by Crippen LogP contribution is -2.45. The quantitative estimate of drug-likeness (QED) is 0.380. The third kappa shape index (κ3) is 3.57. The fourth-order valence-electron chi connectivity index (χ4n) is 1.78. The molecule has 0 saturated carbocycles. The lowest BCUT2D eigenvalue weighted by Gasteiger charge is -2.30. The Morgan fingerprint density at radius 2 is 2.31 bits per heavy atom. The topological polar surface area (TPSA) is 55.8 Å². The molecular weight excluding hydrogens is 210 g/mol. The molecule has 0 aromatic heterocycles. The second kappa shape index (κ2) is 6.60. The van der Waals surface area contributed by atoms with Gasteiger partial charge in [-0.3, -0.25) is 14.5 Å². The Labute approximate surface area is 95.7 Å². The summed E-state index contributed by atoms with van der Waals surface area (Å²) in [6.45, 7) is 5.19. The minimum absolute atomic E-state index is 0.0143. The number of Topliss-reactive ketones (excluding diaryl/α,β-unsaturated/α-hetero) is 1. The van der Waals surface area contributed by atoms with Crippen LogP contribution >= 0.6 is 0 Å². The van der Waals surface area contributed by atoms with E-state index >= 15 is 0 Å². The third-order valence-electron chi connectivity index (χ3n) is 2.75. The molecule has 1 heterocycles. The number of likely N-dealkylation sites (tertiary alicyclic amines) is 1. The molecule has 5 heteroatoms. The maximum atomic E-state index is 11.5. The van der Waals surface area contributed by atoms with Gasteiger partial charge in [0.05, 0.1) is 13.7 Å². The average molecular weight is 229 g/mol. The highest BCUT2D eigenvalue weighted by Crippen LogP contribution is 2.14. The predicted octanol–water partition coefficient (Wildman–Crippen LogP) is 0.0869. The molecule has 92 valence electrons. The number of piperidine rings is 1. The Bertz CT molecular complexity index is 246. The summed E-state index contributed by atoms with van der Waals surface area (Å²) in [6.07, 6.45) is 0.423. The van der Waals surface area contributed by atoms with Crippen LogP contribution in [-0.4, -0.2) is 56.6 Å². The van der Waals surface area contributed by atoms with Crippen LogP contribution in [0, 0.1) is 5.92 Å². The van der Waals surface area contributed by atoms with E-state index in [0.29, 0.717) is 32.7 Å². The fraction of sp³-hybridized carbons (Fsp3) is 0.818. The Balaban J connectivity index is 2.41. The van der Waals surface area contributed by atoms with Gasteiger partial charge in [0, 0.05) is 32.7 Å². The molecule has 0 amide bonds. The molecule has 0 spiro atoms. The molecule has 16 heavy (non-hydrogen) atoms. The molecule has 0 N–H and O–H groups in total. The predicted molar refractivity (Wildman–Crippen MR) is 58.1 cm³/mol. The van der Waals surface area contributed by atoms with Crippen LogP contribution in [0.15, 0.2) is 0 Å². The van der Waals surface area contributed by atoms with E-state index in [1.165, 1.54) is 7.11 Å². The summed E-state index contributed by atoms with van der Waals surface area (Å²) < 4.78 is 9.86. The zero-order valence-corrected chi connectivity index (χ0v) is 9.90. The molecule has 0 aromatic carbocycles. The van der Waals surface area contributed by atoms with Crippen LogP contribution in [0.5, 0.6) is 0 Å². The SMILES string of the molecule is CCOCCN1CCC(=O)C(C(=O)OC)C1. The molecule has 1 aliphatic heterocycles. The molecular formula is C11H19NO4. The van der Waals surface area contributed by atoms with Crippen LogP contribution in [0.4, 0.5) is 0 Å². The Hall–Kier alpha value is -0.940. The molecule has 0 aromatic rings. The zero-order valence-electron chi connectivity index (χ0n) is 9.90. The van der Waals surface area contributed by atoms with Crippen molar-refractivity contribution in [3.63, 3.8) is 0 Å². The second-order valence-electron chi connectivity index (χ2n) is 3.79. The maximum Gasteiger partial charge on any atom is 0.317 e. The summed E-state index contributed by atoms with van der Waals surface area (Å²) >= 11 is 0. The summed E-state index contributed by atoms with van der Waals surface area (Å²) in [5.74, 6) is -1.05. The second-order valence-corrected chi connectivity index (χ2v) is 3.79. The number of hydrogen-bond donors (Lipinski definition) is 0. The first-order valence-electron chi connectivity index (χ1n) is 5.59. The summed E-state index contributed by atoms with van der Waals surface area (Å²) in [4.78, 5) is 24.9. The van der Waals surface area contributed by atoms with Crippen molar-refractivity contribution >= 4 is 11.8 Å². The van der Waals surface area contributed by atoms with Crippen molar-refractivity contribution < 1.29 is 19.1 Å². The van der Waals surface area contributed by atoms with Crippen molar-refractivity contribution in [3.8, 4) is 0 Å². The van der Waals surface area contributed by atoms with Crippen molar-refractivity contribution in [1.82, 2.24) is 4.90 Å². The Kier molecular flexibility index (Phi) is 5.42. The first-order chi connectivity index (χ1) is 7.69. The highest BCUT2D eigenvalue weighted by atomic mass is 16.5. The van der Waals surface area contributed by atoms with E-state index in [1.807, 2.05) is 6.92 Å². The lowest BCUT2D eigenvalue weighted by atomic mass is 9.97. The van der Waals surface area contributed by atoms with Gasteiger partial charge < -0.3 is 9.47 Å². The first kappa shape index (κ1) is 13.1. The molecule has 1 atom stereocenters. The Morgan fingerprint density at radius 1 is 1.56 bits per heavy atom. The van der Waals surface area contributed by atoms with Gasteiger partial charge in [0.2, 0.25) is 0 Å². The van der Waals surface area contributed by atoms with Gasteiger partial charge in [-0.25, -0.2) is 0 Å². The highest BCUT2D eigenvalue weighted by Gasteiger charge is 2.33. The molecule has 0 radical (unpaired) electrons. The summed E-state index contributed by atoms with van der Waals surface area (Å²) in [5.41, 5.74) is 0. The number of carbonyl (C=O) groups is 2. The summed E-state index contributed by atoms with van der Waals surface area (Å²) in [7, 11) is 1.31. The normalized spacial score (nSPS) is 22.1. The van der Waals surface area contributed by atoms with E-state index in [-0.39, 0.29) is 5.78 Å². The number of esters is 1. The fourth-order valence-corrected chi connectivity index (χ4v) is 1.78. The average Bonchev–Trinajstić information content (AvgIpc) is 2.30. The van der Waals surface area contributed by atoms with Gasteiger partial charge in [-0.2, -0.15) is 0 Å². The molecule has 1 fully saturated rings. The number of ketones is 1. The number of methoxy groups -OCH3 is 1. The largest absolute Gasteiger partial charge is 0.468 e. The lowest BCUT2D eigenvalue weighted by molar-refractivity contribution is -0.152. The Morgan fingerprint density at radius 3 is 2.94 bits per heavy atom. The number of rotatable bonds is 5. The van der Waals surface area contributed by atoms with E-state index in [1.54, 1.807) is 0 Å². The van der Waals surface area contributed by atoms with Crippen LogP contribution < -0.4 is 0 Å². The molecule has 1 rings (SSSR count). The molecule has 1 unspecified atom stereocenters. The summed E-state index contributed by atoms with van der Waals surface area (Å²) in [5, 5.41) is 0. The number of nitrogens with zero attached hydrogens (tertiary/aromatic N) is 1. The van der Waals surface area contributed by atoms with Gasteiger partial charge in [-0.1, -0.05) is 0 Å². The van der Waals surface area contributed by atoms with Gasteiger partial charge in [-0.15, -0.1) is 0 Å². The standard InChI is InChI=1S/C11H19NO4/c1-3-16-7-6-12-5-4-10(13)9(8-12)11(14)15-2/h9H,3-8H2,1-2H3. The van der Waals surface area contributed by atoms with Crippen molar-refractivity contribution in [1.29, 1.82) is 0 Å². The van der Waals surface area contributed by atoms with Crippen LogP contribution in [0.3, 0.4) is 0 Å². The monoisotopic (exact) mass is 229 g/mol. The minimum Gasteiger partial charge on any atom is -0.468 e. The molecule has 0 bridgehead atoms. The third-order valence-corrected chi connectivity index (χ3v) is 2.75. The maximum absolute atomic E-state index is 11.5. The van der Waals surface area contributed by atoms with E-state index in [0.717, 1.165) is 6.54 Å². The van der Waals surface area contributed by atoms with E-state index in [2.05, 4.69) is 9.64 Å². The van der Waals surface area contributed by atoms with E-state index in [4.69, 9.17) is 4.74 Å². The highest BCUT2D eigenvalue weighted by molar-refractivity contribution is 5.99. The van der Waals surface area contributed by atoms with Gasteiger partial charge in [-0.05, 0) is 6.92 Å². The van der Waals surface area contributed by atoms with E-state index < -0.39 is 11.9 Å².